The molecule has 0 aromatic heterocycles. The number of anilines is 2. The van der Waals surface area contributed by atoms with Crippen LogP contribution in [0.3, 0.4) is 0 Å². The highest BCUT2D eigenvalue weighted by Crippen LogP contribution is 2.61. The topological polar surface area (TPSA) is 69.7 Å². The predicted octanol–water partition coefficient (Wildman–Crippen LogP) is 3.08. The quantitative estimate of drug-likeness (QED) is 0.718. The smallest absolute Gasteiger partial charge is 0.250 e. The Morgan fingerprint density at radius 3 is 2.70 bits per heavy atom. The Morgan fingerprint density at radius 2 is 1.90 bits per heavy atom. The lowest BCUT2D eigenvalue weighted by Gasteiger charge is -2.36. The third-order valence-corrected chi connectivity index (χ3v) is 7.55. The molecule has 152 valence electrons. The van der Waals surface area contributed by atoms with Gasteiger partial charge in [0.15, 0.2) is 0 Å². The number of hydrogen-bond acceptors (Lipinski definition) is 4. The minimum Gasteiger partial charge on any atom is -0.323 e. The molecule has 0 radical (unpaired) electrons. The third kappa shape index (κ3) is 1.96. The van der Waals surface area contributed by atoms with Crippen LogP contribution in [0.25, 0.3) is 0 Å². The maximum atomic E-state index is 13.8. The van der Waals surface area contributed by atoms with E-state index < -0.39 is 17.4 Å². The predicted molar refractivity (Wildman–Crippen MR) is 112 cm³/mol. The SMILES string of the molecule is Cc1cccc(N2C(=O)C3C4CCCN4C4(C(=O)Nc5c(Cl)cccc54)C3C2=O)c1. The molecule has 7 heteroatoms. The molecule has 4 atom stereocenters. The molecule has 6 rings (SSSR count). The molecule has 4 heterocycles. The highest BCUT2D eigenvalue weighted by molar-refractivity contribution is 6.35. The van der Waals surface area contributed by atoms with Crippen LogP contribution in [0.1, 0.15) is 24.0 Å². The van der Waals surface area contributed by atoms with Crippen molar-refractivity contribution >= 4 is 40.7 Å². The molecule has 4 unspecified atom stereocenters. The van der Waals surface area contributed by atoms with Gasteiger partial charge < -0.3 is 5.32 Å². The number of carbonyl (C=O) groups excluding carboxylic acids is 3. The van der Waals surface area contributed by atoms with Gasteiger partial charge in [0, 0.05) is 11.6 Å². The number of amides is 3. The number of nitrogens with zero attached hydrogens (tertiary/aromatic N) is 2. The van der Waals surface area contributed by atoms with Gasteiger partial charge in [-0.2, -0.15) is 0 Å². The van der Waals surface area contributed by atoms with Crippen LogP contribution in [0.5, 0.6) is 0 Å². The summed E-state index contributed by atoms with van der Waals surface area (Å²) in [6, 6.07) is 12.7. The number of fused-ring (bicyclic) bond motifs is 7. The number of nitrogens with one attached hydrogen (secondary N) is 1. The molecule has 0 bridgehead atoms. The molecule has 1 N–H and O–H groups in total. The number of benzene rings is 2. The average molecular weight is 422 g/mol. The molecule has 3 fully saturated rings. The first kappa shape index (κ1) is 18.1. The van der Waals surface area contributed by atoms with Crippen molar-refractivity contribution in [2.75, 3.05) is 16.8 Å². The van der Waals surface area contributed by atoms with Gasteiger partial charge in [0.05, 0.1) is 28.2 Å². The Kier molecular flexibility index (Phi) is 3.58. The first-order valence-electron chi connectivity index (χ1n) is 10.3. The fourth-order valence-electron chi connectivity index (χ4n) is 6.22. The van der Waals surface area contributed by atoms with Gasteiger partial charge in [-0.1, -0.05) is 35.9 Å². The Morgan fingerprint density at radius 1 is 1.10 bits per heavy atom. The number of imide groups is 1. The fraction of sp³-hybridized carbons (Fsp3) is 0.348. The second kappa shape index (κ2) is 5.93. The zero-order chi connectivity index (χ0) is 20.8. The number of aryl methyl sites for hydroxylation is 1. The van der Waals surface area contributed by atoms with Crippen LogP contribution in [-0.4, -0.2) is 35.2 Å². The summed E-state index contributed by atoms with van der Waals surface area (Å²) in [5.41, 5.74) is 1.63. The van der Waals surface area contributed by atoms with Gasteiger partial charge in [0.1, 0.15) is 5.54 Å². The molecule has 2 aromatic carbocycles. The maximum Gasteiger partial charge on any atom is 0.250 e. The van der Waals surface area contributed by atoms with Gasteiger partial charge in [0.2, 0.25) is 11.8 Å². The molecule has 3 amide bonds. The lowest BCUT2D eigenvalue weighted by Crippen LogP contribution is -2.54. The normalized spacial score (nSPS) is 32.0. The first-order valence-corrected chi connectivity index (χ1v) is 10.7. The van der Waals surface area contributed by atoms with Crippen molar-refractivity contribution in [1.82, 2.24) is 4.90 Å². The zero-order valence-corrected chi connectivity index (χ0v) is 17.1. The van der Waals surface area contributed by atoms with Crippen molar-refractivity contribution in [1.29, 1.82) is 0 Å². The van der Waals surface area contributed by atoms with Gasteiger partial charge >= 0.3 is 0 Å². The molecule has 4 aliphatic heterocycles. The van der Waals surface area contributed by atoms with Gasteiger partial charge in [0.25, 0.3) is 5.91 Å². The number of hydrogen-bond donors (Lipinski definition) is 1. The summed E-state index contributed by atoms with van der Waals surface area (Å²) in [5.74, 6) is -2.04. The molecule has 0 aliphatic carbocycles. The Balaban J connectivity index is 1.57. The van der Waals surface area contributed by atoms with Crippen LogP contribution in [0.4, 0.5) is 11.4 Å². The Hall–Kier alpha value is -2.70. The summed E-state index contributed by atoms with van der Waals surface area (Å²) >= 11 is 6.39. The molecule has 30 heavy (non-hydrogen) atoms. The van der Waals surface area contributed by atoms with E-state index in [2.05, 4.69) is 10.2 Å². The van der Waals surface area contributed by atoms with Gasteiger partial charge in [-0.3, -0.25) is 19.3 Å². The molecule has 2 aromatic rings. The van der Waals surface area contributed by atoms with Crippen molar-refractivity contribution in [3.8, 4) is 0 Å². The van der Waals surface area contributed by atoms with Crippen molar-refractivity contribution in [2.24, 2.45) is 11.8 Å². The fourth-order valence-corrected chi connectivity index (χ4v) is 6.44. The molecule has 4 aliphatic rings. The molecule has 6 nitrogen and oxygen atoms in total. The zero-order valence-electron chi connectivity index (χ0n) is 16.4. The molecular weight excluding hydrogens is 402 g/mol. The summed E-state index contributed by atoms with van der Waals surface area (Å²) in [5, 5.41) is 3.38. The molecule has 1 spiro atoms. The monoisotopic (exact) mass is 421 g/mol. The second-order valence-electron chi connectivity index (χ2n) is 8.64. The van der Waals surface area contributed by atoms with Crippen LogP contribution < -0.4 is 10.2 Å². The van der Waals surface area contributed by atoms with E-state index in [1.54, 1.807) is 18.2 Å². The van der Waals surface area contributed by atoms with Crippen molar-refractivity contribution in [3.05, 3.63) is 58.6 Å². The van der Waals surface area contributed by atoms with Crippen molar-refractivity contribution < 1.29 is 14.4 Å². The molecule has 3 saturated heterocycles. The number of carbonyl (C=O) groups is 3. The number of halogens is 1. The van der Waals surface area contributed by atoms with Crippen LogP contribution in [0.15, 0.2) is 42.5 Å². The van der Waals surface area contributed by atoms with E-state index in [9.17, 15) is 14.4 Å². The minimum absolute atomic E-state index is 0.128. The van der Waals surface area contributed by atoms with E-state index in [4.69, 9.17) is 11.6 Å². The van der Waals surface area contributed by atoms with Gasteiger partial charge in [-0.25, -0.2) is 4.90 Å². The summed E-state index contributed by atoms with van der Waals surface area (Å²) in [6.45, 7) is 2.61. The molecular formula is C23H20ClN3O3. The van der Waals surface area contributed by atoms with Gasteiger partial charge in [-0.05, 0) is 50.1 Å². The van der Waals surface area contributed by atoms with Crippen molar-refractivity contribution in [3.63, 3.8) is 0 Å². The van der Waals surface area contributed by atoms with E-state index in [1.807, 2.05) is 31.2 Å². The number of para-hydroxylation sites is 1. The highest BCUT2D eigenvalue weighted by Gasteiger charge is 2.74. The van der Waals surface area contributed by atoms with E-state index in [-0.39, 0.29) is 23.8 Å². The summed E-state index contributed by atoms with van der Waals surface area (Å²) in [7, 11) is 0. The minimum atomic E-state index is -1.18. The summed E-state index contributed by atoms with van der Waals surface area (Å²) < 4.78 is 0. The van der Waals surface area contributed by atoms with Gasteiger partial charge in [-0.15, -0.1) is 0 Å². The first-order chi connectivity index (χ1) is 14.5. The third-order valence-electron chi connectivity index (χ3n) is 7.24. The Bertz CT molecular complexity index is 1150. The highest BCUT2D eigenvalue weighted by atomic mass is 35.5. The number of rotatable bonds is 1. The lowest BCUT2D eigenvalue weighted by atomic mass is 9.75. The largest absolute Gasteiger partial charge is 0.323 e. The maximum absolute atomic E-state index is 13.8. The Labute approximate surface area is 178 Å². The van der Waals surface area contributed by atoms with Crippen LogP contribution >= 0.6 is 11.6 Å². The van der Waals surface area contributed by atoms with Crippen LogP contribution in [0.2, 0.25) is 5.02 Å². The van der Waals surface area contributed by atoms with E-state index in [1.165, 1.54) is 4.90 Å². The van der Waals surface area contributed by atoms with E-state index in [0.29, 0.717) is 28.5 Å². The van der Waals surface area contributed by atoms with E-state index in [0.717, 1.165) is 18.4 Å². The van der Waals surface area contributed by atoms with Crippen LogP contribution in [-0.2, 0) is 19.9 Å². The van der Waals surface area contributed by atoms with Crippen LogP contribution in [0, 0.1) is 18.8 Å². The summed E-state index contributed by atoms with van der Waals surface area (Å²) in [6.07, 6.45) is 1.69. The molecule has 0 saturated carbocycles. The lowest BCUT2D eigenvalue weighted by molar-refractivity contribution is -0.135. The van der Waals surface area contributed by atoms with Crippen molar-refractivity contribution in [2.45, 2.75) is 31.3 Å². The van der Waals surface area contributed by atoms with E-state index >= 15 is 0 Å². The standard InChI is InChI=1S/C23H20ClN3O3/c1-12-5-2-6-13(11-12)27-20(28)17-16-9-4-10-26(16)23(18(17)21(27)29)14-7-3-8-15(24)19(14)25-22(23)30/h2-3,5-8,11,16-18H,4,9-10H2,1H3,(H,25,30). The average Bonchev–Trinajstić information content (AvgIpc) is 3.41. The summed E-state index contributed by atoms with van der Waals surface area (Å²) in [4.78, 5) is 44.4. The second-order valence-corrected chi connectivity index (χ2v) is 9.05.